The number of sulfone groups is 1. The smallest absolute Gasteiger partial charge is 0.330 e. The summed E-state index contributed by atoms with van der Waals surface area (Å²) in [5.74, 6) is 0.489. The Morgan fingerprint density at radius 3 is 2.20 bits per heavy atom. The van der Waals surface area contributed by atoms with Gasteiger partial charge in [0.2, 0.25) is 0 Å². The molecule has 0 aliphatic carbocycles. The first-order valence-electron chi connectivity index (χ1n) is 9.60. The van der Waals surface area contributed by atoms with Crippen molar-refractivity contribution in [1.82, 2.24) is 0 Å². The van der Waals surface area contributed by atoms with Crippen LogP contribution in [0.5, 0.6) is 0 Å². The molecule has 0 fully saturated rings. The van der Waals surface area contributed by atoms with Gasteiger partial charge in [-0.3, -0.25) is 0 Å². The largest absolute Gasteiger partial charge is 0.462 e. The molecule has 0 radical (unpaired) electrons. The van der Waals surface area contributed by atoms with E-state index in [1.54, 1.807) is 36.0 Å². The first-order chi connectivity index (χ1) is 14.3. The fourth-order valence-corrected chi connectivity index (χ4v) is 4.85. The molecule has 0 bridgehead atoms. The van der Waals surface area contributed by atoms with Crippen LogP contribution in [0.3, 0.4) is 0 Å². The Hall–Kier alpha value is -2.45. The molecule has 0 aliphatic rings. The van der Waals surface area contributed by atoms with Crippen molar-refractivity contribution in [3.8, 4) is 0 Å². The van der Waals surface area contributed by atoms with Crippen molar-refractivity contribution >= 4 is 38.9 Å². The van der Waals surface area contributed by atoms with Crippen LogP contribution in [0.15, 0.2) is 81.2 Å². The summed E-state index contributed by atoms with van der Waals surface area (Å²) in [6, 6.07) is 14.0. The monoisotopic (exact) mass is 446 g/mol. The molecular formula is C22H26N2O4S2. The summed E-state index contributed by atoms with van der Waals surface area (Å²) >= 11 is 1.56. The maximum absolute atomic E-state index is 12.4. The van der Waals surface area contributed by atoms with Gasteiger partial charge in [0.25, 0.3) is 0 Å². The second-order valence-electron chi connectivity index (χ2n) is 6.70. The Morgan fingerprint density at radius 1 is 1.10 bits per heavy atom. The van der Waals surface area contributed by atoms with E-state index in [0.29, 0.717) is 28.6 Å². The summed E-state index contributed by atoms with van der Waals surface area (Å²) in [5.41, 5.74) is 1.27. The molecule has 2 rings (SSSR count). The fourth-order valence-electron chi connectivity index (χ4n) is 2.39. The third kappa shape index (κ3) is 7.76. The van der Waals surface area contributed by atoms with E-state index in [1.165, 1.54) is 0 Å². The zero-order valence-electron chi connectivity index (χ0n) is 17.2. The van der Waals surface area contributed by atoms with Crippen LogP contribution in [0.1, 0.15) is 20.3 Å². The van der Waals surface area contributed by atoms with E-state index in [0.717, 1.165) is 17.4 Å². The first-order valence-corrected chi connectivity index (χ1v) is 12.2. The van der Waals surface area contributed by atoms with Gasteiger partial charge in [0.05, 0.1) is 22.0 Å². The van der Waals surface area contributed by atoms with Crippen LogP contribution in [-0.4, -0.2) is 32.5 Å². The molecule has 0 N–H and O–H groups in total. The maximum Gasteiger partial charge on any atom is 0.330 e. The Kier molecular flexibility index (Phi) is 9.26. The third-order valence-electron chi connectivity index (χ3n) is 4.28. The summed E-state index contributed by atoms with van der Waals surface area (Å²) in [7, 11) is -3.28. The van der Waals surface area contributed by atoms with Crippen molar-refractivity contribution in [2.45, 2.75) is 30.1 Å². The minimum absolute atomic E-state index is 0.123. The lowest BCUT2D eigenvalue weighted by Gasteiger charge is -2.09. The van der Waals surface area contributed by atoms with E-state index in [4.69, 9.17) is 4.74 Å². The molecular weight excluding hydrogens is 420 g/mol. The summed E-state index contributed by atoms with van der Waals surface area (Å²) in [4.78, 5) is 12.3. The zero-order chi connectivity index (χ0) is 22.0. The molecule has 0 spiro atoms. The molecule has 0 aromatic heterocycles. The number of hydrogen-bond donors (Lipinski definition) is 0. The van der Waals surface area contributed by atoms with Crippen LogP contribution in [0.2, 0.25) is 0 Å². The minimum atomic E-state index is -3.28. The average Bonchev–Trinajstić information content (AvgIpc) is 2.75. The molecule has 6 nitrogen and oxygen atoms in total. The molecule has 2 aromatic rings. The lowest BCUT2D eigenvalue weighted by Crippen LogP contribution is -2.13. The van der Waals surface area contributed by atoms with E-state index < -0.39 is 15.8 Å². The van der Waals surface area contributed by atoms with Gasteiger partial charge in [0.1, 0.15) is 6.61 Å². The summed E-state index contributed by atoms with van der Waals surface area (Å²) in [5, 5.41) is 8.35. The normalized spacial score (nSPS) is 12.6. The second kappa shape index (κ2) is 11.7. The number of rotatable bonds is 11. The predicted octanol–water partition coefficient (Wildman–Crippen LogP) is 5.74. The second-order valence-corrected chi connectivity index (χ2v) is 9.91. The highest BCUT2D eigenvalue weighted by atomic mass is 32.2. The first kappa shape index (κ1) is 23.8. The topological polar surface area (TPSA) is 85.2 Å². The van der Waals surface area contributed by atoms with E-state index in [2.05, 4.69) is 16.8 Å². The van der Waals surface area contributed by atoms with E-state index in [-0.39, 0.29) is 11.7 Å². The van der Waals surface area contributed by atoms with Crippen molar-refractivity contribution in [3.05, 3.63) is 61.2 Å². The summed E-state index contributed by atoms with van der Waals surface area (Å²) in [6.45, 7) is 7.58. The Bertz CT molecular complexity index is 969. The Balaban J connectivity index is 1.91. The molecule has 1 atom stereocenters. The van der Waals surface area contributed by atoms with E-state index in [9.17, 15) is 13.2 Å². The molecule has 0 saturated heterocycles. The number of esters is 1. The standard InChI is InChI=1S/C22H26N2O4S2/c1-4-17(3)16-30(26,27)21-12-8-19(9-13-21)24-23-18-6-10-20(11-7-18)29-15-14-28-22(25)5-2/h5-13,17H,2,4,14-16H2,1,3H3/b24-23+. The van der Waals surface area contributed by atoms with Crippen molar-refractivity contribution in [2.75, 3.05) is 18.1 Å². The molecule has 2 aromatic carbocycles. The number of ether oxygens (including phenoxy) is 1. The van der Waals surface area contributed by atoms with Gasteiger partial charge in [-0.15, -0.1) is 11.8 Å². The number of azo groups is 1. The quantitative estimate of drug-likeness (QED) is 0.144. The lowest BCUT2D eigenvalue weighted by molar-refractivity contribution is -0.137. The van der Waals surface area contributed by atoms with Gasteiger partial charge in [-0.05, 0) is 54.4 Å². The van der Waals surface area contributed by atoms with Crippen molar-refractivity contribution in [3.63, 3.8) is 0 Å². The van der Waals surface area contributed by atoms with E-state index >= 15 is 0 Å². The van der Waals surface area contributed by atoms with Crippen molar-refractivity contribution in [2.24, 2.45) is 16.1 Å². The zero-order valence-corrected chi connectivity index (χ0v) is 18.8. The maximum atomic E-state index is 12.4. The van der Waals surface area contributed by atoms with Gasteiger partial charge in [0.15, 0.2) is 9.84 Å². The van der Waals surface area contributed by atoms with Crippen LogP contribution in [0.4, 0.5) is 11.4 Å². The van der Waals surface area contributed by atoms with Gasteiger partial charge in [-0.1, -0.05) is 26.8 Å². The van der Waals surface area contributed by atoms with Gasteiger partial charge in [-0.2, -0.15) is 10.2 Å². The molecule has 160 valence electrons. The van der Waals surface area contributed by atoms with Crippen LogP contribution < -0.4 is 0 Å². The van der Waals surface area contributed by atoms with Crippen molar-refractivity contribution < 1.29 is 17.9 Å². The minimum Gasteiger partial charge on any atom is -0.462 e. The van der Waals surface area contributed by atoms with Crippen molar-refractivity contribution in [1.29, 1.82) is 0 Å². The molecule has 0 heterocycles. The van der Waals surface area contributed by atoms with Gasteiger partial charge >= 0.3 is 5.97 Å². The van der Waals surface area contributed by atoms with Gasteiger partial charge in [-0.25, -0.2) is 13.2 Å². The van der Waals surface area contributed by atoms with Crippen LogP contribution in [-0.2, 0) is 19.4 Å². The molecule has 8 heteroatoms. The van der Waals surface area contributed by atoms with E-state index in [1.807, 2.05) is 38.1 Å². The highest BCUT2D eigenvalue weighted by Gasteiger charge is 2.17. The van der Waals surface area contributed by atoms with Crippen LogP contribution >= 0.6 is 11.8 Å². The lowest BCUT2D eigenvalue weighted by atomic mass is 10.2. The number of carbonyl (C=O) groups excluding carboxylic acids is 1. The Labute approximate surface area is 182 Å². The highest BCUT2D eigenvalue weighted by Crippen LogP contribution is 2.24. The predicted molar refractivity (Wildman–Crippen MR) is 120 cm³/mol. The number of nitrogens with zero attached hydrogens (tertiary/aromatic N) is 2. The Morgan fingerprint density at radius 2 is 1.67 bits per heavy atom. The molecule has 30 heavy (non-hydrogen) atoms. The third-order valence-corrected chi connectivity index (χ3v) is 7.25. The summed E-state index contributed by atoms with van der Waals surface area (Å²) in [6.07, 6.45) is 1.97. The number of thioether (sulfide) groups is 1. The SMILES string of the molecule is C=CC(=O)OCCSc1ccc(/N=N/c2ccc(S(=O)(=O)CC(C)CC)cc2)cc1. The van der Waals surface area contributed by atoms with Crippen LogP contribution in [0, 0.1) is 5.92 Å². The molecule has 0 amide bonds. The average molecular weight is 447 g/mol. The van der Waals surface area contributed by atoms with Gasteiger partial charge < -0.3 is 4.74 Å². The molecule has 0 saturated carbocycles. The number of carbonyl (C=O) groups is 1. The molecule has 0 aliphatic heterocycles. The van der Waals surface area contributed by atoms with Crippen LogP contribution in [0.25, 0.3) is 0 Å². The summed E-state index contributed by atoms with van der Waals surface area (Å²) < 4.78 is 29.7. The number of hydrogen-bond acceptors (Lipinski definition) is 7. The fraction of sp³-hybridized carbons (Fsp3) is 0.318. The number of benzene rings is 2. The highest BCUT2D eigenvalue weighted by molar-refractivity contribution is 7.99. The van der Waals surface area contributed by atoms with Gasteiger partial charge in [0, 0.05) is 16.7 Å². The molecule has 1 unspecified atom stereocenters.